The van der Waals surface area contributed by atoms with Crippen LogP contribution in [0.2, 0.25) is 0 Å². The predicted molar refractivity (Wildman–Crippen MR) is 74.1 cm³/mol. The summed E-state index contributed by atoms with van der Waals surface area (Å²) in [6, 6.07) is 9.33. The molecule has 0 radical (unpaired) electrons. The monoisotopic (exact) mass is 303 g/mol. The molecule has 2 heterocycles. The molecule has 5 heteroatoms. The van der Waals surface area contributed by atoms with Crippen molar-refractivity contribution < 1.29 is 4.42 Å². The van der Waals surface area contributed by atoms with E-state index in [1.807, 2.05) is 37.3 Å². The van der Waals surface area contributed by atoms with Gasteiger partial charge >= 0.3 is 0 Å². The molecule has 0 unspecified atom stereocenters. The molecule has 4 nitrogen and oxygen atoms in total. The highest BCUT2D eigenvalue weighted by Crippen LogP contribution is 2.30. The number of nitrogens with two attached hydrogens (primary N) is 1. The summed E-state index contributed by atoms with van der Waals surface area (Å²) < 4.78 is 6.60. The molecule has 3 aromatic rings. The first-order valence-corrected chi connectivity index (χ1v) is 6.22. The van der Waals surface area contributed by atoms with Gasteiger partial charge in [0.15, 0.2) is 11.2 Å². The summed E-state index contributed by atoms with van der Waals surface area (Å²) in [6.45, 7) is 1.92. The number of rotatable bonds is 1. The quantitative estimate of drug-likeness (QED) is 0.698. The Bertz CT molecular complexity index is 736. The summed E-state index contributed by atoms with van der Waals surface area (Å²) in [6.07, 6.45) is 0. The SMILES string of the molecule is Cc1ccc2oc(-c3cc(Br)ccc3N)nc2n1. The zero-order chi connectivity index (χ0) is 12.7. The molecule has 0 fully saturated rings. The lowest BCUT2D eigenvalue weighted by Gasteiger charge is -2.00. The minimum atomic E-state index is 0.488. The first-order chi connectivity index (χ1) is 8.63. The average Bonchev–Trinajstić information content (AvgIpc) is 2.74. The van der Waals surface area contributed by atoms with Crippen molar-refractivity contribution in [2.24, 2.45) is 0 Å². The van der Waals surface area contributed by atoms with Gasteiger partial charge in [-0.25, -0.2) is 4.98 Å². The van der Waals surface area contributed by atoms with Crippen molar-refractivity contribution in [2.75, 3.05) is 5.73 Å². The van der Waals surface area contributed by atoms with Crippen LogP contribution in [0.15, 0.2) is 39.2 Å². The average molecular weight is 304 g/mol. The van der Waals surface area contributed by atoms with Gasteiger partial charge in [0.25, 0.3) is 0 Å². The summed E-state index contributed by atoms with van der Waals surface area (Å²) in [7, 11) is 0. The number of hydrogen-bond donors (Lipinski definition) is 1. The van der Waals surface area contributed by atoms with Gasteiger partial charge in [0.1, 0.15) is 0 Å². The van der Waals surface area contributed by atoms with E-state index in [1.165, 1.54) is 0 Å². The second-order valence-corrected chi connectivity index (χ2v) is 4.94. The molecule has 3 rings (SSSR count). The lowest BCUT2D eigenvalue weighted by atomic mass is 10.2. The van der Waals surface area contributed by atoms with Gasteiger partial charge in [-0.1, -0.05) is 15.9 Å². The minimum Gasteiger partial charge on any atom is -0.434 e. The number of fused-ring (bicyclic) bond motifs is 1. The van der Waals surface area contributed by atoms with Gasteiger partial charge in [-0.15, -0.1) is 0 Å². The van der Waals surface area contributed by atoms with E-state index in [0.717, 1.165) is 15.7 Å². The first-order valence-electron chi connectivity index (χ1n) is 5.43. The molecule has 0 atom stereocenters. The molecule has 0 spiro atoms. The topological polar surface area (TPSA) is 64.9 Å². The highest BCUT2D eigenvalue weighted by molar-refractivity contribution is 9.10. The Morgan fingerprint density at radius 1 is 1.17 bits per heavy atom. The zero-order valence-corrected chi connectivity index (χ0v) is 11.2. The summed E-state index contributed by atoms with van der Waals surface area (Å²) in [4.78, 5) is 8.68. The van der Waals surface area contributed by atoms with Crippen LogP contribution in [-0.2, 0) is 0 Å². The number of aromatic nitrogens is 2. The Kier molecular flexibility index (Phi) is 2.56. The fourth-order valence-electron chi connectivity index (χ4n) is 1.74. The van der Waals surface area contributed by atoms with Crippen LogP contribution in [0.25, 0.3) is 22.7 Å². The number of aryl methyl sites for hydroxylation is 1. The molecule has 1 aromatic carbocycles. The van der Waals surface area contributed by atoms with E-state index >= 15 is 0 Å². The number of benzene rings is 1. The van der Waals surface area contributed by atoms with Gasteiger partial charge in [0.2, 0.25) is 5.89 Å². The number of oxazole rings is 1. The van der Waals surface area contributed by atoms with Crippen LogP contribution < -0.4 is 5.73 Å². The first kappa shape index (κ1) is 11.2. The normalized spacial score (nSPS) is 11.0. The molecule has 0 aliphatic rings. The van der Waals surface area contributed by atoms with Gasteiger partial charge < -0.3 is 10.2 Å². The van der Waals surface area contributed by atoms with Crippen LogP contribution >= 0.6 is 15.9 Å². The molecule has 0 aliphatic carbocycles. The van der Waals surface area contributed by atoms with Crippen LogP contribution in [0.3, 0.4) is 0 Å². The van der Waals surface area contributed by atoms with Crippen molar-refractivity contribution in [3.63, 3.8) is 0 Å². The second-order valence-electron chi connectivity index (χ2n) is 4.02. The van der Waals surface area contributed by atoms with Crippen molar-refractivity contribution in [2.45, 2.75) is 6.92 Å². The van der Waals surface area contributed by atoms with E-state index < -0.39 is 0 Å². The zero-order valence-electron chi connectivity index (χ0n) is 9.64. The van der Waals surface area contributed by atoms with Crippen molar-refractivity contribution in [3.05, 3.63) is 40.5 Å². The number of hydrogen-bond acceptors (Lipinski definition) is 4. The standard InChI is InChI=1S/C13H10BrN3O/c1-7-2-5-11-12(16-7)17-13(18-11)9-6-8(14)3-4-10(9)15/h2-6H,15H2,1H3. The summed E-state index contributed by atoms with van der Waals surface area (Å²) in [5, 5.41) is 0. The van der Waals surface area contributed by atoms with Crippen molar-refractivity contribution in [3.8, 4) is 11.5 Å². The Morgan fingerprint density at radius 2 is 2.00 bits per heavy atom. The fraction of sp³-hybridized carbons (Fsp3) is 0.0769. The van der Waals surface area contributed by atoms with E-state index in [-0.39, 0.29) is 0 Å². The summed E-state index contributed by atoms with van der Waals surface area (Å²) in [5.41, 5.74) is 9.49. The number of nitrogens with zero attached hydrogens (tertiary/aromatic N) is 2. The fourth-order valence-corrected chi connectivity index (χ4v) is 2.10. The Labute approximate surface area is 112 Å². The molecule has 0 saturated carbocycles. The lowest BCUT2D eigenvalue weighted by molar-refractivity contribution is 0.620. The van der Waals surface area contributed by atoms with Gasteiger partial charge in [0, 0.05) is 15.9 Å². The van der Waals surface area contributed by atoms with E-state index in [9.17, 15) is 0 Å². The summed E-state index contributed by atoms with van der Waals surface area (Å²) >= 11 is 3.41. The molecular weight excluding hydrogens is 294 g/mol. The molecule has 0 amide bonds. The largest absolute Gasteiger partial charge is 0.434 e. The van der Waals surface area contributed by atoms with Crippen molar-refractivity contribution >= 4 is 32.8 Å². The molecule has 2 aromatic heterocycles. The maximum Gasteiger partial charge on any atom is 0.231 e. The second kappa shape index (κ2) is 4.10. The highest BCUT2D eigenvalue weighted by Gasteiger charge is 2.12. The maximum absolute atomic E-state index is 5.93. The number of pyridine rings is 1. The van der Waals surface area contributed by atoms with Crippen LogP contribution in [0.4, 0.5) is 5.69 Å². The van der Waals surface area contributed by atoms with E-state index in [0.29, 0.717) is 22.8 Å². The van der Waals surface area contributed by atoms with Crippen LogP contribution in [-0.4, -0.2) is 9.97 Å². The lowest BCUT2D eigenvalue weighted by Crippen LogP contribution is -1.89. The molecule has 18 heavy (non-hydrogen) atoms. The predicted octanol–water partition coefficient (Wildman–Crippen LogP) is 3.54. The van der Waals surface area contributed by atoms with Gasteiger partial charge in [-0.2, -0.15) is 4.98 Å². The third kappa shape index (κ3) is 1.86. The molecule has 2 N–H and O–H groups in total. The molecule has 90 valence electrons. The van der Waals surface area contributed by atoms with Gasteiger partial charge in [0.05, 0.1) is 5.56 Å². The Morgan fingerprint density at radius 3 is 2.83 bits per heavy atom. The number of nitrogen functional groups attached to an aromatic ring is 1. The smallest absolute Gasteiger partial charge is 0.231 e. The Hall–Kier alpha value is -1.88. The van der Waals surface area contributed by atoms with Crippen molar-refractivity contribution in [1.82, 2.24) is 9.97 Å². The maximum atomic E-state index is 5.93. The molecule has 0 aliphatic heterocycles. The highest BCUT2D eigenvalue weighted by atomic mass is 79.9. The number of anilines is 1. The minimum absolute atomic E-state index is 0.488. The third-order valence-electron chi connectivity index (χ3n) is 2.64. The van der Waals surface area contributed by atoms with E-state index in [1.54, 1.807) is 0 Å². The molecular formula is C13H10BrN3O. The number of halogens is 1. The molecule has 0 bridgehead atoms. The van der Waals surface area contributed by atoms with E-state index in [4.69, 9.17) is 10.2 Å². The van der Waals surface area contributed by atoms with Crippen LogP contribution in [0.1, 0.15) is 5.69 Å². The van der Waals surface area contributed by atoms with Crippen LogP contribution in [0.5, 0.6) is 0 Å². The Balaban J connectivity index is 2.22. The third-order valence-corrected chi connectivity index (χ3v) is 3.13. The molecule has 0 saturated heterocycles. The van der Waals surface area contributed by atoms with Gasteiger partial charge in [-0.3, -0.25) is 0 Å². The van der Waals surface area contributed by atoms with E-state index in [2.05, 4.69) is 25.9 Å². The van der Waals surface area contributed by atoms with Gasteiger partial charge in [-0.05, 0) is 37.3 Å². The van der Waals surface area contributed by atoms with Crippen molar-refractivity contribution in [1.29, 1.82) is 0 Å². The van der Waals surface area contributed by atoms with Crippen LogP contribution in [0, 0.1) is 6.92 Å². The summed E-state index contributed by atoms with van der Waals surface area (Å²) in [5.74, 6) is 0.488.